The van der Waals surface area contributed by atoms with Crippen LogP contribution in [0, 0.1) is 11.7 Å². The quantitative estimate of drug-likeness (QED) is 0.727. The number of aromatic amines is 1. The maximum atomic E-state index is 13.3. The Hall–Kier alpha value is -2.96. The van der Waals surface area contributed by atoms with Gasteiger partial charge in [-0.25, -0.2) is 14.4 Å². The average molecular weight is 367 g/mol. The van der Waals surface area contributed by atoms with Crippen molar-refractivity contribution >= 4 is 22.8 Å². The number of benzene rings is 1. The van der Waals surface area contributed by atoms with E-state index in [0.29, 0.717) is 25.5 Å². The molecule has 140 valence electrons. The van der Waals surface area contributed by atoms with Crippen LogP contribution in [0.5, 0.6) is 0 Å². The van der Waals surface area contributed by atoms with Gasteiger partial charge in [0.25, 0.3) is 0 Å². The molecule has 1 saturated heterocycles. The minimum Gasteiger partial charge on any atom is -0.361 e. The number of hydrogen-bond acceptors (Lipinski definition) is 4. The zero-order chi connectivity index (χ0) is 18.6. The Morgan fingerprint density at radius 2 is 2.19 bits per heavy atom. The van der Waals surface area contributed by atoms with Gasteiger partial charge in [-0.2, -0.15) is 0 Å². The van der Waals surface area contributed by atoms with Gasteiger partial charge in [0, 0.05) is 49.1 Å². The molecule has 1 aliphatic heterocycles. The van der Waals surface area contributed by atoms with Gasteiger partial charge in [-0.1, -0.05) is 0 Å². The molecule has 3 heterocycles. The first-order valence-corrected chi connectivity index (χ1v) is 9.26. The summed E-state index contributed by atoms with van der Waals surface area (Å²) in [6.45, 7) is 2.07. The highest BCUT2D eigenvalue weighted by atomic mass is 19.1. The van der Waals surface area contributed by atoms with Gasteiger partial charge in [-0.3, -0.25) is 4.79 Å². The lowest BCUT2D eigenvalue weighted by Gasteiger charge is -2.31. The third-order valence-corrected chi connectivity index (χ3v) is 5.05. The van der Waals surface area contributed by atoms with E-state index in [2.05, 4.69) is 25.2 Å². The van der Waals surface area contributed by atoms with Crippen molar-refractivity contribution in [3.8, 4) is 0 Å². The summed E-state index contributed by atoms with van der Waals surface area (Å²) in [4.78, 5) is 26.3. The number of amides is 1. The molecule has 1 amide bonds. The molecule has 0 saturated carbocycles. The predicted octanol–water partition coefficient (Wildman–Crippen LogP) is 2.67. The molecule has 7 heteroatoms. The van der Waals surface area contributed by atoms with Crippen molar-refractivity contribution in [1.29, 1.82) is 0 Å². The minimum absolute atomic E-state index is 0.0559. The standard InChI is InChI=1S/C20H22FN5O/c21-16-4-5-17-14(12-25-18(17)11-16)6-9-22-19(27)15-3-1-10-26(13-15)20-23-7-2-8-24-20/h2,4-5,7-8,11-12,15,25H,1,3,6,9-10,13H2,(H,22,27). The number of nitrogens with zero attached hydrogens (tertiary/aromatic N) is 3. The fourth-order valence-electron chi connectivity index (χ4n) is 3.66. The molecule has 4 rings (SSSR count). The van der Waals surface area contributed by atoms with Crippen molar-refractivity contribution in [3.63, 3.8) is 0 Å². The third-order valence-electron chi connectivity index (χ3n) is 5.05. The fourth-order valence-corrected chi connectivity index (χ4v) is 3.66. The Morgan fingerprint density at radius 3 is 3.04 bits per heavy atom. The molecule has 6 nitrogen and oxygen atoms in total. The summed E-state index contributed by atoms with van der Waals surface area (Å²) in [5, 5.41) is 4.04. The van der Waals surface area contributed by atoms with Crippen molar-refractivity contribution in [2.24, 2.45) is 5.92 Å². The van der Waals surface area contributed by atoms with Crippen LogP contribution in [0.15, 0.2) is 42.9 Å². The summed E-state index contributed by atoms with van der Waals surface area (Å²) < 4.78 is 13.3. The Kier molecular flexibility index (Phi) is 5.00. The van der Waals surface area contributed by atoms with E-state index in [-0.39, 0.29) is 17.6 Å². The summed E-state index contributed by atoms with van der Waals surface area (Å²) >= 11 is 0. The first-order valence-electron chi connectivity index (χ1n) is 9.26. The molecule has 0 aliphatic carbocycles. The van der Waals surface area contributed by atoms with Gasteiger partial charge in [0.15, 0.2) is 0 Å². The van der Waals surface area contributed by atoms with E-state index in [0.717, 1.165) is 35.9 Å². The Labute approximate surface area is 156 Å². The van der Waals surface area contributed by atoms with E-state index in [4.69, 9.17) is 0 Å². The first-order chi connectivity index (χ1) is 13.2. The Bertz CT molecular complexity index is 927. The molecule has 2 N–H and O–H groups in total. The second kappa shape index (κ2) is 7.73. The summed E-state index contributed by atoms with van der Waals surface area (Å²) in [5.41, 5.74) is 1.86. The molecule has 0 radical (unpaired) electrons. The molecular formula is C20H22FN5O. The minimum atomic E-state index is -0.256. The summed E-state index contributed by atoms with van der Waals surface area (Å²) in [6, 6.07) is 6.51. The molecule has 1 aliphatic rings. The highest BCUT2D eigenvalue weighted by Gasteiger charge is 2.26. The third kappa shape index (κ3) is 3.92. The number of fused-ring (bicyclic) bond motifs is 1. The van der Waals surface area contributed by atoms with Crippen LogP contribution in [0.4, 0.5) is 10.3 Å². The van der Waals surface area contributed by atoms with Crippen LogP contribution in [0.3, 0.4) is 0 Å². The molecule has 2 aromatic heterocycles. The lowest BCUT2D eigenvalue weighted by molar-refractivity contribution is -0.125. The number of carbonyl (C=O) groups excluding carboxylic acids is 1. The van der Waals surface area contributed by atoms with Crippen molar-refractivity contribution in [2.75, 3.05) is 24.5 Å². The summed E-state index contributed by atoms with van der Waals surface area (Å²) in [7, 11) is 0. The van der Waals surface area contributed by atoms with Crippen LogP contribution < -0.4 is 10.2 Å². The second-order valence-corrected chi connectivity index (χ2v) is 6.88. The second-order valence-electron chi connectivity index (χ2n) is 6.88. The highest BCUT2D eigenvalue weighted by Crippen LogP contribution is 2.21. The van der Waals surface area contributed by atoms with Gasteiger partial charge in [0.05, 0.1) is 5.92 Å². The van der Waals surface area contributed by atoms with Gasteiger partial charge in [-0.05, 0) is 49.1 Å². The zero-order valence-corrected chi connectivity index (χ0v) is 15.0. The van der Waals surface area contributed by atoms with Gasteiger partial charge in [0.2, 0.25) is 11.9 Å². The molecule has 1 atom stereocenters. The normalized spacial score (nSPS) is 17.2. The summed E-state index contributed by atoms with van der Waals surface area (Å²) in [6.07, 6.45) is 7.85. The van der Waals surface area contributed by atoms with Crippen LogP contribution >= 0.6 is 0 Å². The molecule has 27 heavy (non-hydrogen) atoms. The van der Waals surface area contributed by atoms with E-state index < -0.39 is 0 Å². The maximum absolute atomic E-state index is 13.3. The molecule has 1 fully saturated rings. The number of halogens is 1. The lowest BCUT2D eigenvalue weighted by atomic mass is 9.97. The summed E-state index contributed by atoms with van der Waals surface area (Å²) in [5.74, 6) is 0.440. The van der Waals surface area contributed by atoms with Crippen LogP contribution in [0.1, 0.15) is 18.4 Å². The number of carbonyl (C=O) groups is 1. The van der Waals surface area contributed by atoms with Crippen molar-refractivity contribution in [3.05, 3.63) is 54.2 Å². The van der Waals surface area contributed by atoms with Gasteiger partial charge >= 0.3 is 0 Å². The highest BCUT2D eigenvalue weighted by molar-refractivity contribution is 5.83. The van der Waals surface area contributed by atoms with Crippen LogP contribution in [0.2, 0.25) is 0 Å². The average Bonchev–Trinajstić information content (AvgIpc) is 3.10. The number of rotatable bonds is 5. The number of aromatic nitrogens is 3. The largest absolute Gasteiger partial charge is 0.361 e. The van der Waals surface area contributed by atoms with Crippen LogP contribution in [-0.4, -0.2) is 40.5 Å². The molecule has 0 bridgehead atoms. The topological polar surface area (TPSA) is 73.9 Å². The van der Waals surface area contributed by atoms with E-state index in [9.17, 15) is 9.18 Å². The number of H-pyrrole nitrogens is 1. The van der Waals surface area contributed by atoms with Crippen LogP contribution in [-0.2, 0) is 11.2 Å². The number of piperidine rings is 1. The van der Waals surface area contributed by atoms with Crippen LogP contribution in [0.25, 0.3) is 10.9 Å². The molecular weight excluding hydrogens is 345 g/mol. The smallest absolute Gasteiger partial charge is 0.225 e. The Morgan fingerprint density at radius 1 is 1.33 bits per heavy atom. The van der Waals surface area contributed by atoms with E-state index >= 15 is 0 Å². The van der Waals surface area contributed by atoms with E-state index in [1.165, 1.54) is 12.1 Å². The van der Waals surface area contributed by atoms with Gasteiger partial charge < -0.3 is 15.2 Å². The molecule has 1 unspecified atom stereocenters. The molecule has 1 aromatic carbocycles. The number of hydrogen-bond donors (Lipinski definition) is 2. The molecule has 3 aromatic rings. The van der Waals surface area contributed by atoms with Crippen molar-refractivity contribution < 1.29 is 9.18 Å². The van der Waals surface area contributed by atoms with Gasteiger partial charge in [0.1, 0.15) is 5.82 Å². The number of nitrogens with one attached hydrogen (secondary N) is 2. The van der Waals surface area contributed by atoms with Gasteiger partial charge in [-0.15, -0.1) is 0 Å². The van der Waals surface area contributed by atoms with E-state index in [1.54, 1.807) is 24.5 Å². The molecule has 0 spiro atoms. The first kappa shape index (κ1) is 17.5. The van der Waals surface area contributed by atoms with E-state index in [1.807, 2.05) is 6.20 Å². The van der Waals surface area contributed by atoms with Crippen molar-refractivity contribution in [1.82, 2.24) is 20.3 Å². The number of anilines is 1. The zero-order valence-electron chi connectivity index (χ0n) is 15.0. The SMILES string of the molecule is O=C(NCCc1c[nH]c2cc(F)ccc12)C1CCCN(c2ncccn2)C1. The van der Waals surface area contributed by atoms with Crippen molar-refractivity contribution in [2.45, 2.75) is 19.3 Å². The maximum Gasteiger partial charge on any atom is 0.225 e. The lowest BCUT2D eigenvalue weighted by Crippen LogP contribution is -2.44. The predicted molar refractivity (Wildman–Crippen MR) is 102 cm³/mol. The fraction of sp³-hybridized carbons (Fsp3) is 0.350. The Balaban J connectivity index is 1.32. The monoisotopic (exact) mass is 367 g/mol.